The highest BCUT2D eigenvalue weighted by atomic mass is 35.5. The van der Waals surface area contributed by atoms with Crippen LogP contribution >= 0.6 is 11.6 Å². The largest absolute Gasteiger partial charge is 0.478 e. The highest BCUT2D eigenvalue weighted by molar-refractivity contribution is 6.35. The number of aromatic carboxylic acids is 1. The van der Waals surface area contributed by atoms with Gasteiger partial charge >= 0.3 is 5.97 Å². The summed E-state index contributed by atoms with van der Waals surface area (Å²) in [5, 5.41) is 10.2. The lowest BCUT2D eigenvalue weighted by molar-refractivity contribution is 0.0699. The summed E-state index contributed by atoms with van der Waals surface area (Å²) in [5.41, 5.74) is 1.08. The molecule has 3 nitrogen and oxygen atoms in total. The molecule has 0 atom stereocenters. The molecule has 0 bridgehead atoms. The summed E-state index contributed by atoms with van der Waals surface area (Å²) < 4.78 is 1.87. The van der Waals surface area contributed by atoms with Crippen molar-refractivity contribution in [2.45, 2.75) is 20.4 Å². The van der Waals surface area contributed by atoms with E-state index in [1.54, 1.807) is 6.07 Å². The molecular weight excluding hydrogens is 238 g/mol. The molecule has 0 fully saturated rings. The van der Waals surface area contributed by atoms with Crippen molar-refractivity contribution in [1.82, 2.24) is 4.57 Å². The first-order valence-corrected chi connectivity index (χ1v) is 5.90. The average molecular weight is 252 g/mol. The van der Waals surface area contributed by atoms with Crippen molar-refractivity contribution in [3.8, 4) is 0 Å². The first-order valence-electron chi connectivity index (χ1n) is 5.52. The summed E-state index contributed by atoms with van der Waals surface area (Å²) in [6, 6.07) is 7.41. The maximum Gasteiger partial charge on any atom is 0.339 e. The SMILES string of the molecule is CC(C)Cn1c(Cl)c(C(=O)O)c2ccccc21. The van der Waals surface area contributed by atoms with E-state index in [1.807, 2.05) is 22.8 Å². The molecule has 90 valence electrons. The zero-order valence-corrected chi connectivity index (χ0v) is 10.5. The number of halogens is 1. The zero-order valence-electron chi connectivity index (χ0n) is 9.77. The molecule has 17 heavy (non-hydrogen) atoms. The predicted octanol–water partition coefficient (Wildman–Crippen LogP) is 3.65. The topological polar surface area (TPSA) is 42.2 Å². The van der Waals surface area contributed by atoms with E-state index in [0.29, 0.717) is 23.0 Å². The van der Waals surface area contributed by atoms with Crippen molar-refractivity contribution >= 4 is 28.5 Å². The Hall–Kier alpha value is -1.48. The second-order valence-electron chi connectivity index (χ2n) is 4.49. The van der Waals surface area contributed by atoms with Gasteiger partial charge in [-0.2, -0.15) is 0 Å². The van der Waals surface area contributed by atoms with Crippen LogP contribution in [0.3, 0.4) is 0 Å². The van der Waals surface area contributed by atoms with Gasteiger partial charge in [0.2, 0.25) is 0 Å². The number of aromatic nitrogens is 1. The first-order chi connectivity index (χ1) is 8.02. The van der Waals surface area contributed by atoms with Crippen molar-refractivity contribution < 1.29 is 9.90 Å². The Bertz CT molecular complexity index is 572. The number of carboxylic acids is 1. The lowest BCUT2D eigenvalue weighted by Crippen LogP contribution is -2.05. The molecule has 0 amide bonds. The number of hydrogen-bond acceptors (Lipinski definition) is 1. The number of carbonyl (C=O) groups is 1. The van der Waals surface area contributed by atoms with Gasteiger partial charge in [-0.1, -0.05) is 43.6 Å². The van der Waals surface area contributed by atoms with Crippen molar-refractivity contribution in [3.63, 3.8) is 0 Å². The Balaban J connectivity index is 2.75. The number of benzene rings is 1. The van der Waals surface area contributed by atoms with Crippen LogP contribution in [0.25, 0.3) is 10.9 Å². The van der Waals surface area contributed by atoms with Gasteiger partial charge in [0.1, 0.15) is 10.7 Å². The van der Waals surface area contributed by atoms with Crippen LogP contribution in [0.2, 0.25) is 5.15 Å². The fraction of sp³-hybridized carbons (Fsp3) is 0.308. The van der Waals surface area contributed by atoms with E-state index in [4.69, 9.17) is 11.6 Å². The lowest BCUT2D eigenvalue weighted by atomic mass is 10.2. The van der Waals surface area contributed by atoms with E-state index in [0.717, 1.165) is 5.52 Å². The Kier molecular flexibility index (Phi) is 3.11. The fourth-order valence-electron chi connectivity index (χ4n) is 2.02. The normalized spacial score (nSPS) is 11.3. The molecule has 2 aromatic rings. The number of hydrogen-bond donors (Lipinski definition) is 1. The second kappa shape index (κ2) is 4.41. The number of para-hydroxylation sites is 1. The van der Waals surface area contributed by atoms with E-state index in [1.165, 1.54) is 0 Å². The van der Waals surface area contributed by atoms with Gasteiger partial charge in [-0.15, -0.1) is 0 Å². The number of rotatable bonds is 3. The van der Waals surface area contributed by atoms with Gasteiger partial charge in [0, 0.05) is 11.9 Å². The van der Waals surface area contributed by atoms with Crippen LogP contribution in [-0.4, -0.2) is 15.6 Å². The predicted molar refractivity (Wildman–Crippen MR) is 68.7 cm³/mol. The molecule has 1 heterocycles. The molecule has 0 unspecified atom stereocenters. The molecule has 0 aliphatic heterocycles. The van der Waals surface area contributed by atoms with Crippen LogP contribution in [0.5, 0.6) is 0 Å². The van der Waals surface area contributed by atoms with Gasteiger partial charge < -0.3 is 9.67 Å². The Morgan fingerprint density at radius 3 is 2.65 bits per heavy atom. The number of carboxylic acid groups (broad SMARTS) is 1. The molecule has 4 heteroatoms. The molecule has 2 rings (SSSR count). The minimum absolute atomic E-state index is 0.197. The Labute approximate surface area is 105 Å². The summed E-state index contributed by atoms with van der Waals surface area (Å²) in [5.74, 6) is -0.571. The molecule has 0 spiro atoms. The summed E-state index contributed by atoms with van der Waals surface area (Å²) in [7, 11) is 0. The quantitative estimate of drug-likeness (QED) is 0.905. The van der Waals surface area contributed by atoms with Crippen LogP contribution in [0.4, 0.5) is 0 Å². The third-order valence-electron chi connectivity index (χ3n) is 2.67. The van der Waals surface area contributed by atoms with Crippen molar-refractivity contribution in [2.75, 3.05) is 0 Å². The van der Waals surface area contributed by atoms with E-state index in [2.05, 4.69) is 13.8 Å². The Morgan fingerprint density at radius 1 is 1.41 bits per heavy atom. The van der Waals surface area contributed by atoms with Crippen molar-refractivity contribution in [2.24, 2.45) is 5.92 Å². The highest BCUT2D eigenvalue weighted by Crippen LogP contribution is 2.30. The van der Waals surface area contributed by atoms with Crippen molar-refractivity contribution in [1.29, 1.82) is 0 Å². The van der Waals surface area contributed by atoms with Gasteiger partial charge in [0.05, 0.1) is 5.52 Å². The van der Waals surface area contributed by atoms with Crippen LogP contribution in [-0.2, 0) is 6.54 Å². The van der Waals surface area contributed by atoms with Gasteiger partial charge in [-0.05, 0) is 12.0 Å². The minimum atomic E-state index is -0.978. The standard InChI is InChI=1S/C13H14ClNO2/c1-8(2)7-15-10-6-4-3-5-9(10)11(12(15)14)13(16)17/h3-6,8H,7H2,1-2H3,(H,16,17). The highest BCUT2D eigenvalue weighted by Gasteiger charge is 2.20. The molecule has 1 aromatic heterocycles. The van der Waals surface area contributed by atoms with E-state index in [-0.39, 0.29) is 5.56 Å². The molecule has 0 saturated carbocycles. The third-order valence-corrected chi connectivity index (χ3v) is 3.06. The summed E-state index contributed by atoms with van der Waals surface area (Å²) in [4.78, 5) is 11.2. The second-order valence-corrected chi connectivity index (χ2v) is 4.85. The lowest BCUT2D eigenvalue weighted by Gasteiger charge is -2.09. The number of nitrogens with zero attached hydrogens (tertiary/aromatic N) is 1. The smallest absolute Gasteiger partial charge is 0.339 e. The Morgan fingerprint density at radius 2 is 2.06 bits per heavy atom. The summed E-state index contributed by atoms with van der Waals surface area (Å²) >= 11 is 6.17. The zero-order chi connectivity index (χ0) is 12.6. The molecule has 0 radical (unpaired) electrons. The minimum Gasteiger partial charge on any atom is -0.478 e. The van der Waals surface area contributed by atoms with Crippen LogP contribution < -0.4 is 0 Å². The molecular formula is C13H14ClNO2. The van der Waals surface area contributed by atoms with E-state index >= 15 is 0 Å². The summed E-state index contributed by atoms with van der Waals surface area (Å²) in [6.07, 6.45) is 0. The maximum atomic E-state index is 11.2. The number of fused-ring (bicyclic) bond motifs is 1. The molecule has 1 aromatic carbocycles. The van der Waals surface area contributed by atoms with Crippen molar-refractivity contribution in [3.05, 3.63) is 35.0 Å². The monoisotopic (exact) mass is 251 g/mol. The first kappa shape index (κ1) is 12.0. The molecule has 1 N–H and O–H groups in total. The van der Waals surface area contributed by atoms with Crippen LogP contribution in [0.1, 0.15) is 24.2 Å². The van der Waals surface area contributed by atoms with Crippen LogP contribution in [0.15, 0.2) is 24.3 Å². The van der Waals surface area contributed by atoms with Crippen LogP contribution in [0, 0.1) is 5.92 Å². The van der Waals surface area contributed by atoms with E-state index in [9.17, 15) is 9.90 Å². The van der Waals surface area contributed by atoms with Gasteiger partial charge in [0.15, 0.2) is 0 Å². The molecule has 0 saturated heterocycles. The average Bonchev–Trinajstić information content (AvgIpc) is 2.52. The molecule has 0 aliphatic rings. The molecule has 0 aliphatic carbocycles. The maximum absolute atomic E-state index is 11.2. The fourth-order valence-corrected chi connectivity index (χ4v) is 2.36. The van der Waals surface area contributed by atoms with Gasteiger partial charge in [0.25, 0.3) is 0 Å². The summed E-state index contributed by atoms with van der Waals surface area (Å²) in [6.45, 7) is 4.86. The van der Waals surface area contributed by atoms with E-state index < -0.39 is 5.97 Å². The van der Waals surface area contributed by atoms with Gasteiger partial charge in [-0.3, -0.25) is 0 Å². The van der Waals surface area contributed by atoms with Gasteiger partial charge in [-0.25, -0.2) is 4.79 Å². The third kappa shape index (κ3) is 2.03.